The Morgan fingerprint density at radius 1 is 1.62 bits per heavy atom. The Bertz CT molecular complexity index is 352. The highest BCUT2D eigenvalue weighted by atomic mass is 79.9. The van der Waals surface area contributed by atoms with Crippen LogP contribution in [0.2, 0.25) is 0 Å². The molecule has 0 atom stereocenters. The summed E-state index contributed by atoms with van der Waals surface area (Å²) in [4.78, 5) is 10.2. The molecule has 70 valence electrons. The summed E-state index contributed by atoms with van der Waals surface area (Å²) in [7, 11) is 0. The van der Waals surface area contributed by atoms with E-state index in [-0.39, 0.29) is 12.2 Å². The van der Waals surface area contributed by atoms with Gasteiger partial charge in [-0.2, -0.15) is 0 Å². The van der Waals surface area contributed by atoms with Crippen LogP contribution in [-0.2, 0) is 6.54 Å². The minimum atomic E-state index is -0.425. The number of benzene rings is 1. The highest BCUT2D eigenvalue weighted by Gasteiger charge is 2.17. The van der Waals surface area contributed by atoms with E-state index in [1.807, 2.05) is 6.92 Å². The van der Waals surface area contributed by atoms with Gasteiger partial charge in [-0.3, -0.25) is 10.1 Å². The van der Waals surface area contributed by atoms with Gasteiger partial charge in [0.1, 0.15) is 0 Å². The third-order valence-electron chi connectivity index (χ3n) is 1.69. The summed E-state index contributed by atoms with van der Waals surface area (Å²) in [5, 5.41) is 10.6. The molecule has 0 saturated carbocycles. The number of nitrogens with zero attached hydrogens (tertiary/aromatic N) is 1. The van der Waals surface area contributed by atoms with Crippen LogP contribution in [-0.4, -0.2) is 4.92 Å². The van der Waals surface area contributed by atoms with Crippen molar-refractivity contribution in [1.82, 2.24) is 0 Å². The maximum atomic E-state index is 10.6. The molecule has 0 spiro atoms. The predicted octanol–water partition coefficient (Wildman–Crippen LogP) is 2.12. The molecular weight excluding hydrogens is 236 g/mol. The zero-order chi connectivity index (χ0) is 10.0. The van der Waals surface area contributed by atoms with Crippen LogP contribution in [0.25, 0.3) is 0 Å². The van der Waals surface area contributed by atoms with Crippen LogP contribution in [0.4, 0.5) is 5.69 Å². The van der Waals surface area contributed by atoms with Crippen LogP contribution in [0.5, 0.6) is 0 Å². The molecule has 13 heavy (non-hydrogen) atoms. The van der Waals surface area contributed by atoms with Crippen molar-refractivity contribution in [3.8, 4) is 0 Å². The normalized spacial score (nSPS) is 10.1. The first-order valence-electron chi connectivity index (χ1n) is 3.69. The first kappa shape index (κ1) is 10.1. The molecule has 0 aliphatic heterocycles. The van der Waals surface area contributed by atoms with Gasteiger partial charge < -0.3 is 5.73 Å². The monoisotopic (exact) mass is 244 g/mol. The lowest BCUT2D eigenvalue weighted by Gasteiger charge is -2.03. The van der Waals surface area contributed by atoms with E-state index in [9.17, 15) is 10.1 Å². The Kier molecular flexibility index (Phi) is 3.00. The van der Waals surface area contributed by atoms with Gasteiger partial charge in [0, 0.05) is 12.1 Å². The summed E-state index contributed by atoms with van der Waals surface area (Å²) in [5.41, 5.74) is 6.97. The fourth-order valence-electron chi connectivity index (χ4n) is 1.17. The van der Waals surface area contributed by atoms with Crippen LogP contribution in [0.15, 0.2) is 16.6 Å². The van der Waals surface area contributed by atoms with Crippen LogP contribution in [0, 0.1) is 17.0 Å². The molecule has 2 N–H and O–H groups in total. The smallest absolute Gasteiger partial charge is 0.287 e. The Balaban J connectivity index is 3.38. The standard InChI is InChI=1S/C8H9BrN2O2/c1-5-2-6(4-10)8(11(12)13)7(9)3-5/h2-3H,4,10H2,1H3. The molecule has 0 amide bonds. The Morgan fingerprint density at radius 3 is 2.69 bits per heavy atom. The molecule has 1 aromatic carbocycles. The lowest BCUT2D eigenvalue weighted by Crippen LogP contribution is -2.03. The van der Waals surface area contributed by atoms with Crippen molar-refractivity contribution >= 4 is 21.6 Å². The summed E-state index contributed by atoms with van der Waals surface area (Å²) < 4.78 is 0.484. The zero-order valence-corrected chi connectivity index (χ0v) is 8.67. The number of hydrogen-bond acceptors (Lipinski definition) is 3. The third-order valence-corrected chi connectivity index (χ3v) is 2.29. The molecule has 0 fully saturated rings. The van der Waals surface area contributed by atoms with Crippen LogP contribution >= 0.6 is 15.9 Å². The van der Waals surface area contributed by atoms with Crippen LogP contribution in [0.3, 0.4) is 0 Å². The summed E-state index contributed by atoms with van der Waals surface area (Å²) in [6.45, 7) is 2.05. The first-order chi connectivity index (χ1) is 6.06. The van der Waals surface area contributed by atoms with Crippen molar-refractivity contribution in [2.45, 2.75) is 13.5 Å². The maximum absolute atomic E-state index is 10.6. The largest absolute Gasteiger partial charge is 0.326 e. The SMILES string of the molecule is Cc1cc(Br)c([N+](=O)[O-])c(CN)c1. The first-order valence-corrected chi connectivity index (χ1v) is 4.49. The molecular formula is C8H9BrN2O2. The molecule has 1 rings (SSSR count). The number of nitro groups is 1. The molecule has 0 aliphatic carbocycles. The second kappa shape index (κ2) is 3.85. The lowest BCUT2D eigenvalue weighted by atomic mass is 10.1. The van der Waals surface area contributed by atoms with Crippen LogP contribution < -0.4 is 5.73 Å². The summed E-state index contributed by atoms with van der Waals surface area (Å²) in [6, 6.07) is 3.43. The van der Waals surface area contributed by atoms with Gasteiger partial charge in [-0.15, -0.1) is 0 Å². The number of nitrogens with two attached hydrogens (primary N) is 1. The highest BCUT2D eigenvalue weighted by Crippen LogP contribution is 2.29. The number of halogens is 1. The second-order valence-corrected chi connectivity index (χ2v) is 3.57. The summed E-state index contributed by atoms with van der Waals surface area (Å²) in [5.74, 6) is 0. The number of nitro benzene ring substituents is 1. The molecule has 0 bridgehead atoms. The van der Waals surface area contributed by atoms with E-state index in [4.69, 9.17) is 5.73 Å². The van der Waals surface area contributed by atoms with Crippen molar-refractivity contribution < 1.29 is 4.92 Å². The van der Waals surface area contributed by atoms with Crippen molar-refractivity contribution in [2.24, 2.45) is 5.73 Å². The Morgan fingerprint density at radius 2 is 2.23 bits per heavy atom. The molecule has 0 aliphatic rings. The molecule has 1 aromatic rings. The van der Waals surface area contributed by atoms with Gasteiger partial charge in [0.05, 0.1) is 9.40 Å². The average molecular weight is 245 g/mol. The molecule has 0 heterocycles. The minimum absolute atomic E-state index is 0.0631. The predicted molar refractivity (Wildman–Crippen MR) is 53.4 cm³/mol. The van der Waals surface area contributed by atoms with Crippen molar-refractivity contribution in [1.29, 1.82) is 0 Å². The van der Waals surface area contributed by atoms with Crippen LogP contribution in [0.1, 0.15) is 11.1 Å². The van der Waals surface area contributed by atoms with E-state index in [1.165, 1.54) is 0 Å². The fourth-order valence-corrected chi connectivity index (χ4v) is 1.93. The van der Waals surface area contributed by atoms with E-state index < -0.39 is 4.92 Å². The highest BCUT2D eigenvalue weighted by molar-refractivity contribution is 9.10. The molecule has 4 nitrogen and oxygen atoms in total. The lowest BCUT2D eigenvalue weighted by molar-refractivity contribution is -0.386. The van der Waals surface area contributed by atoms with E-state index in [1.54, 1.807) is 12.1 Å². The maximum Gasteiger partial charge on any atom is 0.287 e. The molecule has 0 unspecified atom stereocenters. The Hall–Kier alpha value is -0.940. The summed E-state index contributed by atoms with van der Waals surface area (Å²) >= 11 is 3.14. The average Bonchev–Trinajstić information content (AvgIpc) is 2.01. The fraction of sp³-hybridized carbons (Fsp3) is 0.250. The van der Waals surface area contributed by atoms with Gasteiger partial charge in [0.2, 0.25) is 0 Å². The van der Waals surface area contributed by atoms with Gasteiger partial charge in [0.15, 0.2) is 0 Å². The van der Waals surface area contributed by atoms with Crippen molar-refractivity contribution in [2.75, 3.05) is 0 Å². The quantitative estimate of drug-likeness (QED) is 0.640. The van der Waals surface area contributed by atoms with Gasteiger partial charge in [0.25, 0.3) is 5.69 Å². The van der Waals surface area contributed by atoms with Gasteiger partial charge in [-0.05, 0) is 40.5 Å². The van der Waals surface area contributed by atoms with E-state index in [0.29, 0.717) is 10.0 Å². The number of hydrogen-bond donors (Lipinski definition) is 1. The molecule has 0 radical (unpaired) electrons. The van der Waals surface area contributed by atoms with E-state index >= 15 is 0 Å². The zero-order valence-electron chi connectivity index (χ0n) is 7.08. The van der Waals surface area contributed by atoms with E-state index in [2.05, 4.69) is 15.9 Å². The molecule has 5 heteroatoms. The Labute approximate surface area is 84.0 Å². The summed E-state index contributed by atoms with van der Waals surface area (Å²) in [6.07, 6.45) is 0. The third kappa shape index (κ3) is 2.05. The topological polar surface area (TPSA) is 69.2 Å². The van der Waals surface area contributed by atoms with Crippen molar-refractivity contribution in [3.05, 3.63) is 37.8 Å². The number of aryl methyl sites for hydroxylation is 1. The second-order valence-electron chi connectivity index (χ2n) is 2.72. The minimum Gasteiger partial charge on any atom is -0.326 e. The van der Waals surface area contributed by atoms with Gasteiger partial charge in [-0.1, -0.05) is 0 Å². The number of rotatable bonds is 2. The molecule has 0 aromatic heterocycles. The van der Waals surface area contributed by atoms with Gasteiger partial charge in [-0.25, -0.2) is 0 Å². The van der Waals surface area contributed by atoms with Crippen molar-refractivity contribution in [3.63, 3.8) is 0 Å². The van der Waals surface area contributed by atoms with E-state index in [0.717, 1.165) is 5.56 Å². The van der Waals surface area contributed by atoms with Gasteiger partial charge >= 0.3 is 0 Å². The molecule has 0 saturated heterocycles.